The van der Waals surface area contributed by atoms with Crippen LogP contribution in [0.4, 0.5) is 5.82 Å². The number of allylic oxidation sites excluding steroid dienone is 3. The summed E-state index contributed by atoms with van der Waals surface area (Å²) in [5.41, 5.74) is 3.64. The molecule has 0 saturated carbocycles. The molecule has 1 N–H and O–H groups in total. The van der Waals surface area contributed by atoms with E-state index in [4.69, 9.17) is 14.7 Å². The van der Waals surface area contributed by atoms with Crippen LogP contribution in [0.2, 0.25) is 0 Å². The number of hydrogen-bond acceptors (Lipinski definition) is 5. The van der Waals surface area contributed by atoms with Crippen LogP contribution < -0.4 is 5.32 Å². The second-order valence-electron chi connectivity index (χ2n) is 7.13. The Morgan fingerprint density at radius 3 is 2.66 bits per heavy atom. The topological polar surface area (TPSA) is 64.1 Å². The van der Waals surface area contributed by atoms with Gasteiger partial charge in [0, 0.05) is 17.5 Å². The smallest absolute Gasteiger partial charge is 0.337 e. The molecule has 1 heterocycles. The van der Waals surface area contributed by atoms with Gasteiger partial charge in [-0.1, -0.05) is 54.6 Å². The largest absolute Gasteiger partial charge is 0.465 e. The first kappa shape index (κ1) is 18.9. The molecule has 0 amide bonds. The van der Waals surface area contributed by atoms with Gasteiger partial charge in [-0.25, -0.2) is 14.8 Å². The molecule has 0 saturated heterocycles. The maximum absolute atomic E-state index is 11.9. The van der Waals surface area contributed by atoms with Crippen molar-refractivity contribution in [1.29, 1.82) is 0 Å². The summed E-state index contributed by atoms with van der Waals surface area (Å²) >= 11 is 0. The molecule has 0 bridgehead atoms. The first-order valence-corrected chi connectivity index (χ1v) is 9.71. The molecule has 146 valence electrons. The van der Waals surface area contributed by atoms with E-state index in [0.29, 0.717) is 22.8 Å². The Bertz CT molecular complexity index is 1090. The van der Waals surface area contributed by atoms with Gasteiger partial charge in [-0.2, -0.15) is 0 Å². The average molecular weight is 385 g/mol. The molecule has 4 rings (SSSR count). The first-order valence-electron chi connectivity index (χ1n) is 9.71. The van der Waals surface area contributed by atoms with Crippen molar-refractivity contribution in [3.63, 3.8) is 0 Å². The lowest BCUT2D eigenvalue weighted by atomic mass is 9.94. The number of benzene rings is 2. The third kappa shape index (κ3) is 4.04. The minimum atomic E-state index is -0.386. The molecule has 1 aliphatic carbocycles. The number of esters is 1. The van der Waals surface area contributed by atoms with Crippen LogP contribution in [0.25, 0.3) is 22.3 Å². The minimum absolute atomic E-state index is 0.175. The van der Waals surface area contributed by atoms with Crippen molar-refractivity contribution in [2.24, 2.45) is 5.92 Å². The van der Waals surface area contributed by atoms with Crippen LogP contribution >= 0.6 is 0 Å². The predicted octanol–water partition coefficient (Wildman–Crippen LogP) is 5.02. The van der Waals surface area contributed by atoms with Gasteiger partial charge < -0.3 is 10.1 Å². The zero-order valence-electron chi connectivity index (χ0n) is 16.5. The van der Waals surface area contributed by atoms with Gasteiger partial charge in [-0.3, -0.25) is 0 Å². The molecule has 2 unspecified atom stereocenters. The van der Waals surface area contributed by atoms with Crippen LogP contribution in [-0.4, -0.2) is 29.1 Å². The van der Waals surface area contributed by atoms with Gasteiger partial charge >= 0.3 is 5.97 Å². The number of methoxy groups -OCH3 is 1. The highest BCUT2D eigenvalue weighted by Gasteiger charge is 2.19. The maximum atomic E-state index is 11.9. The van der Waals surface area contributed by atoms with Crippen LogP contribution in [0.3, 0.4) is 0 Å². The summed E-state index contributed by atoms with van der Waals surface area (Å²) in [7, 11) is 1.37. The number of anilines is 1. The van der Waals surface area contributed by atoms with Crippen molar-refractivity contribution >= 4 is 22.8 Å². The van der Waals surface area contributed by atoms with E-state index >= 15 is 0 Å². The number of carbonyl (C=O) groups excluding carboxylic acids is 1. The second-order valence-corrected chi connectivity index (χ2v) is 7.13. The number of ether oxygens (including phenoxy) is 1. The zero-order chi connectivity index (χ0) is 20.2. The Kier molecular flexibility index (Phi) is 5.38. The van der Waals surface area contributed by atoms with E-state index in [2.05, 4.69) is 36.5 Å². The highest BCUT2D eigenvalue weighted by atomic mass is 16.5. The molecular formula is C24H23N3O2. The molecule has 0 fully saturated rings. The fraction of sp³-hybridized carbons (Fsp3) is 0.208. The molecule has 3 aromatic rings. The molecule has 5 nitrogen and oxygen atoms in total. The van der Waals surface area contributed by atoms with Gasteiger partial charge in [-0.15, -0.1) is 0 Å². The van der Waals surface area contributed by atoms with Crippen molar-refractivity contribution in [1.82, 2.24) is 9.97 Å². The lowest BCUT2D eigenvalue weighted by molar-refractivity contribution is 0.0601. The predicted molar refractivity (Wildman–Crippen MR) is 116 cm³/mol. The quantitative estimate of drug-likeness (QED) is 0.625. The van der Waals surface area contributed by atoms with E-state index in [9.17, 15) is 4.79 Å². The SMILES string of the molecule is COC(=O)c1ccc2nc(-c3ccccc3)c(NC(C)C3C=CC=CC3)nc2c1. The van der Waals surface area contributed by atoms with E-state index in [0.717, 1.165) is 23.2 Å². The van der Waals surface area contributed by atoms with Crippen LogP contribution in [-0.2, 0) is 4.74 Å². The minimum Gasteiger partial charge on any atom is -0.465 e. The van der Waals surface area contributed by atoms with Gasteiger partial charge in [0.05, 0.1) is 23.7 Å². The number of carbonyl (C=O) groups is 1. The Morgan fingerprint density at radius 2 is 1.93 bits per heavy atom. The van der Waals surface area contributed by atoms with E-state index in [1.807, 2.05) is 36.4 Å². The molecule has 0 radical (unpaired) electrons. The number of aromatic nitrogens is 2. The lowest BCUT2D eigenvalue weighted by Gasteiger charge is -2.24. The highest BCUT2D eigenvalue weighted by molar-refractivity contribution is 5.94. The standard InChI is InChI=1S/C24H23N3O2/c1-16(17-9-5-3-6-10-17)25-23-22(18-11-7-4-8-12-18)26-20-14-13-19(24(28)29-2)15-21(20)27-23/h3-9,11-17H,10H2,1-2H3,(H,25,27). The Labute approximate surface area is 170 Å². The van der Waals surface area contributed by atoms with Gasteiger partial charge in [0.1, 0.15) is 5.69 Å². The normalized spacial score (nSPS) is 16.6. The Hall–Kier alpha value is -3.47. The van der Waals surface area contributed by atoms with E-state index in [1.54, 1.807) is 12.1 Å². The molecule has 2 atom stereocenters. The third-order valence-electron chi connectivity index (χ3n) is 5.15. The summed E-state index contributed by atoms with van der Waals surface area (Å²) in [4.78, 5) is 21.6. The molecular weight excluding hydrogens is 362 g/mol. The molecule has 1 aromatic heterocycles. The second kappa shape index (κ2) is 8.27. The first-order chi connectivity index (χ1) is 14.2. The zero-order valence-corrected chi connectivity index (χ0v) is 16.5. The van der Waals surface area contributed by atoms with Gasteiger partial charge in [-0.05, 0) is 31.5 Å². The lowest BCUT2D eigenvalue weighted by Crippen LogP contribution is -2.26. The maximum Gasteiger partial charge on any atom is 0.337 e. The molecule has 0 spiro atoms. The number of fused-ring (bicyclic) bond motifs is 1. The van der Waals surface area contributed by atoms with Crippen LogP contribution in [0.1, 0.15) is 23.7 Å². The number of nitrogens with one attached hydrogen (secondary N) is 1. The molecule has 0 aliphatic heterocycles. The molecule has 29 heavy (non-hydrogen) atoms. The monoisotopic (exact) mass is 385 g/mol. The molecule has 5 heteroatoms. The summed E-state index contributed by atoms with van der Waals surface area (Å²) in [6.45, 7) is 2.15. The Balaban J connectivity index is 1.78. The number of hydrogen-bond donors (Lipinski definition) is 1. The van der Waals surface area contributed by atoms with Gasteiger partial charge in [0.15, 0.2) is 5.82 Å². The number of nitrogens with zero attached hydrogens (tertiary/aromatic N) is 2. The fourth-order valence-corrected chi connectivity index (χ4v) is 3.49. The third-order valence-corrected chi connectivity index (χ3v) is 5.15. The highest BCUT2D eigenvalue weighted by Crippen LogP contribution is 2.29. The summed E-state index contributed by atoms with van der Waals surface area (Å²) in [6, 6.07) is 15.4. The van der Waals surface area contributed by atoms with Gasteiger partial charge in [0.25, 0.3) is 0 Å². The van der Waals surface area contributed by atoms with Crippen LogP contribution in [0, 0.1) is 5.92 Å². The summed E-state index contributed by atoms with van der Waals surface area (Å²) in [5.74, 6) is 0.700. The van der Waals surface area contributed by atoms with Crippen molar-refractivity contribution in [3.05, 3.63) is 78.4 Å². The summed E-state index contributed by atoms with van der Waals surface area (Å²) in [6.07, 6.45) is 9.53. The van der Waals surface area contributed by atoms with Crippen molar-refractivity contribution in [2.45, 2.75) is 19.4 Å². The van der Waals surface area contributed by atoms with Crippen molar-refractivity contribution < 1.29 is 9.53 Å². The molecule has 2 aromatic carbocycles. The average Bonchev–Trinajstić information content (AvgIpc) is 2.78. The van der Waals surface area contributed by atoms with E-state index in [1.165, 1.54) is 7.11 Å². The fourth-order valence-electron chi connectivity index (χ4n) is 3.49. The van der Waals surface area contributed by atoms with E-state index in [-0.39, 0.29) is 12.0 Å². The Morgan fingerprint density at radius 1 is 1.10 bits per heavy atom. The number of rotatable bonds is 5. The van der Waals surface area contributed by atoms with E-state index < -0.39 is 0 Å². The van der Waals surface area contributed by atoms with Gasteiger partial charge in [0.2, 0.25) is 0 Å². The summed E-state index contributed by atoms with van der Waals surface area (Å²) < 4.78 is 4.84. The van der Waals surface area contributed by atoms with Crippen molar-refractivity contribution in [3.8, 4) is 11.3 Å². The van der Waals surface area contributed by atoms with Crippen LogP contribution in [0.5, 0.6) is 0 Å². The summed E-state index contributed by atoms with van der Waals surface area (Å²) in [5, 5.41) is 3.56. The van der Waals surface area contributed by atoms with Crippen molar-refractivity contribution in [2.75, 3.05) is 12.4 Å². The molecule has 1 aliphatic rings. The van der Waals surface area contributed by atoms with Crippen LogP contribution in [0.15, 0.2) is 72.8 Å².